The zero-order chi connectivity index (χ0) is 12.1. The molecule has 0 radical (unpaired) electrons. The molecule has 92 valence electrons. The van der Waals surface area contributed by atoms with Crippen LogP contribution in [0.3, 0.4) is 0 Å². The molecule has 0 aromatic heterocycles. The fraction of sp³-hybridized carbons (Fsp3) is 0.818. The molecule has 5 heteroatoms. The van der Waals surface area contributed by atoms with Crippen LogP contribution in [0.2, 0.25) is 0 Å². The van der Waals surface area contributed by atoms with Crippen LogP contribution < -0.4 is 0 Å². The molecule has 1 fully saturated rings. The normalized spacial score (nSPS) is 22.5. The zero-order valence-electron chi connectivity index (χ0n) is 10.2. The first-order chi connectivity index (χ1) is 7.54. The summed E-state index contributed by atoms with van der Waals surface area (Å²) in [6.45, 7) is 3.06. The van der Waals surface area contributed by atoms with Crippen molar-refractivity contribution < 1.29 is 14.3 Å². The van der Waals surface area contributed by atoms with Crippen molar-refractivity contribution >= 4 is 11.8 Å². The van der Waals surface area contributed by atoms with Crippen molar-refractivity contribution in [3.63, 3.8) is 0 Å². The Bertz CT molecular complexity index is 258. The SMILES string of the molecule is COC(=O)C1CN(CCN(C)C)CCC1=O. The van der Waals surface area contributed by atoms with Crippen LogP contribution >= 0.6 is 0 Å². The number of carbonyl (C=O) groups is 2. The summed E-state index contributed by atoms with van der Waals surface area (Å²) in [5.74, 6) is -0.978. The minimum atomic E-state index is -0.582. The van der Waals surface area contributed by atoms with E-state index < -0.39 is 11.9 Å². The molecule has 0 aliphatic carbocycles. The molecule has 0 amide bonds. The molecule has 5 nitrogen and oxygen atoms in total. The summed E-state index contributed by atoms with van der Waals surface area (Å²) in [6, 6.07) is 0. The molecule has 1 heterocycles. The van der Waals surface area contributed by atoms with Gasteiger partial charge in [-0.1, -0.05) is 0 Å². The molecule has 1 aliphatic heterocycles. The number of rotatable bonds is 4. The van der Waals surface area contributed by atoms with Gasteiger partial charge in [0.1, 0.15) is 11.7 Å². The van der Waals surface area contributed by atoms with E-state index in [1.807, 2.05) is 14.1 Å². The number of hydrogen-bond donors (Lipinski definition) is 0. The second-order valence-corrected chi connectivity index (χ2v) is 4.40. The van der Waals surface area contributed by atoms with Crippen LogP contribution in [-0.2, 0) is 14.3 Å². The summed E-state index contributed by atoms with van der Waals surface area (Å²) in [6.07, 6.45) is 0.452. The third-order valence-corrected chi connectivity index (χ3v) is 2.85. The molecule has 1 rings (SSSR count). The maximum absolute atomic E-state index is 11.5. The van der Waals surface area contributed by atoms with E-state index in [4.69, 9.17) is 0 Å². The number of Topliss-reactive ketones (excluding diaryl/α,β-unsaturated/α-hetero) is 1. The highest BCUT2D eigenvalue weighted by Gasteiger charge is 2.33. The number of nitrogens with zero attached hydrogens (tertiary/aromatic N) is 2. The lowest BCUT2D eigenvalue weighted by Crippen LogP contribution is -2.46. The topological polar surface area (TPSA) is 49.9 Å². The maximum Gasteiger partial charge on any atom is 0.317 e. The van der Waals surface area contributed by atoms with E-state index in [1.165, 1.54) is 7.11 Å². The van der Waals surface area contributed by atoms with Crippen molar-refractivity contribution in [3.05, 3.63) is 0 Å². The zero-order valence-corrected chi connectivity index (χ0v) is 10.2. The Labute approximate surface area is 96.3 Å². The van der Waals surface area contributed by atoms with E-state index in [-0.39, 0.29) is 5.78 Å². The molecule has 0 bridgehead atoms. The predicted molar refractivity (Wildman–Crippen MR) is 60.1 cm³/mol. The van der Waals surface area contributed by atoms with E-state index >= 15 is 0 Å². The van der Waals surface area contributed by atoms with Crippen LogP contribution in [0.25, 0.3) is 0 Å². The molecule has 1 atom stereocenters. The van der Waals surface area contributed by atoms with Gasteiger partial charge in [-0.05, 0) is 14.1 Å². The summed E-state index contributed by atoms with van der Waals surface area (Å²) in [5, 5.41) is 0. The number of ether oxygens (including phenoxy) is 1. The summed E-state index contributed by atoms with van der Waals surface area (Å²) in [5.41, 5.74) is 0. The molecule has 0 aromatic carbocycles. The molecule has 0 spiro atoms. The van der Waals surface area contributed by atoms with Crippen LogP contribution in [0.15, 0.2) is 0 Å². The van der Waals surface area contributed by atoms with Crippen molar-refractivity contribution in [1.29, 1.82) is 0 Å². The minimum Gasteiger partial charge on any atom is -0.468 e. The second kappa shape index (κ2) is 5.96. The lowest BCUT2D eigenvalue weighted by atomic mass is 9.96. The number of esters is 1. The van der Waals surface area contributed by atoms with E-state index in [1.54, 1.807) is 0 Å². The number of methoxy groups -OCH3 is 1. The van der Waals surface area contributed by atoms with Gasteiger partial charge in [-0.3, -0.25) is 9.59 Å². The quantitative estimate of drug-likeness (QED) is 0.484. The summed E-state index contributed by atoms with van der Waals surface area (Å²) in [4.78, 5) is 27.1. The Hall–Kier alpha value is -0.940. The van der Waals surface area contributed by atoms with Gasteiger partial charge in [0.15, 0.2) is 0 Å². The standard InChI is InChI=1S/C11H20N2O3/c1-12(2)6-7-13-5-4-10(14)9(8-13)11(15)16-3/h9H,4-8H2,1-3H3. The monoisotopic (exact) mass is 228 g/mol. The van der Waals surface area contributed by atoms with Gasteiger partial charge in [0, 0.05) is 32.6 Å². The number of carbonyl (C=O) groups excluding carboxylic acids is 2. The lowest BCUT2D eigenvalue weighted by molar-refractivity contribution is -0.151. The van der Waals surface area contributed by atoms with Crippen molar-refractivity contribution in [1.82, 2.24) is 9.80 Å². The van der Waals surface area contributed by atoms with Crippen molar-refractivity contribution in [2.75, 3.05) is 47.4 Å². The maximum atomic E-state index is 11.5. The Kier molecular flexibility index (Phi) is 4.89. The van der Waals surface area contributed by atoms with Gasteiger partial charge < -0.3 is 14.5 Å². The van der Waals surface area contributed by atoms with Crippen molar-refractivity contribution in [2.24, 2.45) is 5.92 Å². The Morgan fingerprint density at radius 2 is 2.25 bits per heavy atom. The Balaban J connectivity index is 2.47. The number of ketones is 1. The highest BCUT2D eigenvalue weighted by Crippen LogP contribution is 2.14. The first kappa shape index (κ1) is 13.1. The Morgan fingerprint density at radius 1 is 1.56 bits per heavy atom. The lowest BCUT2D eigenvalue weighted by Gasteiger charge is -2.31. The summed E-state index contributed by atoms with van der Waals surface area (Å²) < 4.78 is 4.64. The number of likely N-dealkylation sites (tertiary alicyclic amines) is 1. The predicted octanol–water partition coefficient (Wildman–Crippen LogP) is -0.388. The highest BCUT2D eigenvalue weighted by atomic mass is 16.5. The number of piperidine rings is 1. The minimum absolute atomic E-state index is 0.00736. The summed E-state index contributed by atoms with van der Waals surface area (Å²) in [7, 11) is 5.34. The summed E-state index contributed by atoms with van der Waals surface area (Å²) >= 11 is 0. The molecule has 0 N–H and O–H groups in total. The molecular weight excluding hydrogens is 208 g/mol. The highest BCUT2D eigenvalue weighted by molar-refractivity contribution is 5.99. The molecule has 1 saturated heterocycles. The fourth-order valence-electron chi connectivity index (χ4n) is 1.79. The van der Waals surface area contributed by atoms with Crippen LogP contribution in [0, 0.1) is 5.92 Å². The van der Waals surface area contributed by atoms with Crippen molar-refractivity contribution in [2.45, 2.75) is 6.42 Å². The molecule has 0 aromatic rings. The Morgan fingerprint density at radius 3 is 2.81 bits per heavy atom. The van der Waals surface area contributed by atoms with Crippen LogP contribution in [0.1, 0.15) is 6.42 Å². The first-order valence-electron chi connectivity index (χ1n) is 5.52. The van der Waals surface area contributed by atoms with Gasteiger partial charge in [-0.25, -0.2) is 0 Å². The van der Waals surface area contributed by atoms with Crippen LogP contribution in [-0.4, -0.2) is 68.9 Å². The molecular formula is C11H20N2O3. The van der Waals surface area contributed by atoms with Gasteiger partial charge in [0.25, 0.3) is 0 Å². The number of likely N-dealkylation sites (N-methyl/N-ethyl adjacent to an activating group) is 1. The van der Waals surface area contributed by atoms with E-state index in [9.17, 15) is 9.59 Å². The van der Waals surface area contributed by atoms with E-state index in [0.717, 1.165) is 19.6 Å². The molecule has 1 unspecified atom stereocenters. The van der Waals surface area contributed by atoms with E-state index in [0.29, 0.717) is 13.0 Å². The van der Waals surface area contributed by atoms with Gasteiger partial charge in [0.2, 0.25) is 0 Å². The van der Waals surface area contributed by atoms with Gasteiger partial charge in [0.05, 0.1) is 7.11 Å². The van der Waals surface area contributed by atoms with Crippen molar-refractivity contribution in [3.8, 4) is 0 Å². The fourth-order valence-corrected chi connectivity index (χ4v) is 1.79. The third-order valence-electron chi connectivity index (χ3n) is 2.85. The molecule has 1 aliphatic rings. The average molecular weight is 228 g/mol. The van der Waals surface area contributed by atoms with Crippen LogP contribution in [0.4, 0.5) is 0 Å². The van der Waals surface area contributed by atoms with Gasteiger partial charge in [-0.2, -0.15) is 0 Å². The van der Waals surface area contributed by atoms with Gasteiger partial charge >= 0.3 is 5.97 Å². The smallest absolute Gasteiger partial charge is 0.317 e. The first-order valence-corrected chi connectivity index (χ1v) is 5.52. The second-order valence-electron chi connectivity index (χ2n) is 4.40. The van der Waals surface area contributed by atoms with Gasteiger partial charge in [-0.15, -0.1) is 0 Å². The van der Waals surface area contributed by atoms with E-state index in [2.05, 4.69) is 14.5 Å². The average Bonchev–Trinajstić information content (AvgIpc) is 2.27. The molecule has 16 heavy (non-hydrogen) atoms. The third kappa shape index (κ3) is 3.57. The number of hydrogen-bond acceptors (Lipinski definition) is 5. The largest absolute Gasteiger partial charge is 0.468 e. The van der Waals surface area contributed by atoms with Crippen LogP contribution in [0.5, 0.6) is 0 Å². The molecule has 0 saturated carbocycles.